The van der Waals surface area contributed by atoms with E-state index in [9.17, 15) is 4.79 Å². The van der Waals surface area contributed by atoms with Crippen molar-refractivity contribution in [3.8, 4) is 0 Å². The second-order valence-corrected chi connectivity index (χ2v) is 2.71. The lowest BCUT2D eigenvalue weighted by Crippen LogP contribution is -2.35. The van der Waals surface area contributed by atoms with Crippen molar-refractivity contribution in [2.24, 2.45) is 0 Å². The third-order valence-corrected chi connectivity index (χ3v) is 1.76. The van der Waals surface area contributed by atoms with Crippen molar-refractivity contribution in [2.75, 3.05) is 12.8 Å². The van der Waals surface area contributed by atoms with Crippen LogP contribution in [0.5, 0.6) is 0 Å². The molecule has 4 N–H and O–H groups in total. The molecule has 74 valence electrons. The molecule has 0 spiro atoms. The first kappa shape index (κ1) is 10.6. The number of nitrogens with two attached hydrogens (primary N) is 1. The van der Waals surface area contributed by atoms with Gasteiger partial charge in [-0.3, -0.25) is 0 Å². The predicted molar refractivity (Wildman–Crippen MR) is 52.0 cm³/mol. The van der Waals surface area contributed by atoms with Gasteiger partial charge in [0, 0.05) is 5.69 Å². The Labute approximate surface area is 81.3 Å². The average molecular weight is 195 g/mol. The van der Waals surface area contributed by atoms with Gasteiger partial charge in [-0.2, -0.15) is 0 Å². The third kappa shape index (κ3) is 2.04. The predicted octanol–water partition coefficient (Wildman–Crippen LogP) is -1.26. The van der Waals surface area contributed by atoms with E-state index in [4.69, 9.17) is 15.8 Å². The zero-order valence-electron chi connectivity index (χ0n) is 7.60. The van der Waals surface area contributed by atoms with Crippen LogP contribution in [0.2, 0.25) is 0 Å². The molecule has 0 aliphatic carbocycles. The minimum Gasteiger partial charge on any atom is -0.465 e. The fourth-order valence-electron chi connectivity index (χ4n) is 1.09. The summed E-state index contributed by atoms with van der Waals surface area (Å²) in [5, 5.41) is 17.9. The van der Waals surface area contributed by atoms with E-state index < -0.39 is 13.1 Å². The number of ether oxygens (including phenoxy) is 1. The largest absolute Gasteiger partial charge is 0.489 e. The summed E-state index contributed by atoms with van der Waals surface area (Å²) in [5.74, 6) is -0.652. The molecule has 1 aromatic carbocycles. The molecular formula is C8H10BNO4. The molecule has 0 aliphatic rings. The summed E-state index contributed by atoms with van der Waals surface area (Å²) in [4.78, 5) is 11.2. The topological polar surface area (TPSA) is 92.8 Å². The molecule has 0 heterocycles. The van der Waals surface area contributed by atoms with E-state index in [2.05, 4.69) is 4.74 Å². The van der Waals surface area contributed by atoms with E-state index >= 15 is 0 Å². The molecule has 0 aromatic heterocycles. The second kappa shape index (κ2) is 4.12. The van der Waals surface area contributed by atoms with Crippen molar-refractivity contribution in [2.45, 2.75) is 0 Å². The van der Waals surface area contributed by atoms with Gasteiger partial charge in [0.25, 0.3) is 0 Å². The summed E-state index contributed by atoms with van der Waals surface area (Å²) >= 11 is 0. The molecule has 0 atom stereocenters. The van der Waals surface area contributed by atoms with Crippen LogP contribution in [-0.2, 0) is 4.74 Å². The zero-order chi connectivity index (χ0) is 10.7. The van der Waals surface area contributed by atoms with Crippen LogP contribution in [0.25, 0.3) is 0 Å². The van der Waals surface area contributed by atoms with Gasteiger partial charge in [0.2, 0.25) is 0 Å². The smallest absolute Gasteiger partial charge is 0.465 e. The Morgan fingerprint density at radius 1 is 1.50 bits per heavy atom. The maximum absolute atomic E-state index is 11.2. The number of carbonyl (C=O) groups is 1. The number of rotatable bonds is 2. The van der Waals surface area contributed by atoms with E-state index in [1.807, 2.05) is 0 Å². The van der Waals surface area contributed by atoms with Crippen LogP contribution in [0.3, 0.4) is 0 Å². The standard InChI is InChI=1S/C8H10BNO4/c1-14-8(11)6-4-5(10)2-3-7(6)9(12)13/h2-4,12-13H,10H2,1H3. The number of esters is 1. The summed E-state index contributed by atoms with van der Waals surface area (Å²) in [6, 6.07) is 4.17. The minimum absolute atomic E-state index is 0.0579. The van der Waals surface area contributed by atoms with Gasteiger partial charge in [0.15, 0.2) is 0 Å². The molecule has 0 saturated heterocycles. The number of anilines is 1. The van der Waals surface area contributed by atoms with E-state index in [-0.39, 0.29) is 11.0 Å². The van der Waals surface area contributed by atoms with Gasteiger partial charge in [0.05, 0.1) is 12.7 Å². The van der Waals surface area contributed by atoms with Gasteiger partial charge < -0.3 is 20.5 Å². The number of carbonyl (C=O) groups excluding carboxylic acids is 1. The van der Waals surface area contributed by atoms with Crippen molar-refractivity contribution in [3.05, 3.63) is 23.8 Å². The van der Waals surface area contributed by atoms with Gasteiger partial charge in [-0.25, -0.2) is 4.79 Å². The summed E-state index contributed by atoms with van der Waals surface area (Å²) in [5.41, 5.74) is 5.94. The van der Waals surface area contributed by atoms with Gasteiger partial charge in [-0.05, 0) is 17.6 Å². The number of methoxy groups -OCH3 is 1. The van der Waals surface area contributed by atoms with Crippen LogP contribution in [-0.4, -0.2) is 30.2 Å². The third-order valence-electron chi connectivity index (χ3n) is 1.76. The molecule has 0 amide bonds. The molecule has 0 bridgehead atoms. The van der Waals surface area contributed by atoms with Gasteiger partial charge in [-0.1, -0.05) is 6.07 Å². The van der Waals surface area contributed by atoms with Crippen molar-refractivity contribution in [3.63, 3.8) is 0 Å². The Balaban J connectivity index is 3.22. The van der Waals surface area contributed by atoms with Crippen molar-refractivity contribution in [1.82, 2.24) is 0 Å². The molecule has 1 aromatic rings. The molecule has 0 aliphatic heterocycles. The van der Waals surface area contributed by atoms with Crippen LogP contribution < -0.4 is 11.2 Å². The molecule has 5 nitrogen and oxygen atoms in total. The van der Waals surface area contributed by atoms with E-state index in [0.717, 1.165) is 0 Å². The first-order valence-corrected chi connectivity index (χ1v) is 3.90. The van der Waals surface area contributed by atoms with Crippen LogP contribution in [0.4, 0.5) is 5.69 Å². The summed E-state index contributed by atoms with van der Waals surface area (Å²) in [6.07, 6.45) is 0. The number of hydrogen-bond acceptors (Lipinski definition) is 5. The Morgan fingerprint density at radius 2 is 2.14 bits per heavy atom. The van der Waals surface area contributed by atoms with Crippen molar-refractivity contribution in [1.29, 1.82) is 0 Å². The normalized spacial score (nSPS) is 9.64. The van der Waals surface area contributed by atoms with E-state index in [1.54, 1.807) is 0 Å². The van der Waals surface area contributed by atoms with Crippen LogP contribution in [0.1, 0.15) is 10.4 Å². The Bertz CT molecular complexity index is 353. The highest BCUT2D eigenvalue weighted by Gasteiger charge is 2.20. The fraction of sp³-hybridized carbons (Fsp3) is 0.125. The Morgan fingerprint density at radius 3 is 2.64 bits per heavy atom. The van der Waals surface area contributed by atoms with Crippen molar-refractivity contribution >= 4 is 24.2 Å². The monoisotopic (exact) mass is 195 g/mol. The van der Waals surface area contributed by atoms with Crippen LogP contribution in [0.15, 0.2) is 18.2 Å². The number of benzene rings is 1. The second-order valence-electron chi connectivity index (χ2n) is 2.71. The molecular weight excluding hydrogens is 185 g/mol. The molecule has 0 fully saturated rings. The maximum atomic E-state index is 11.2. The lowest BCUT2D eigenvalue weighted by molar-refractivity contribution is 0.0602. The summed E-state index contributed by atoms with van der Waals surface area (Å²) in [7, 11) is -0.510. The summed E-state index contributed by atoms with van der Waals surface area (Å²) in [6.45, 7) is 0. The lowest BCUT2D eigenvalue weighted by atomic mass is 9.77. The van der Waals surface area contributed by atoms with Crippen LogP contribution in [0, 0.1) is 0 Å². The highest BCUT2D eigenvalue weighted by atomic mass is 16.5. The van der Waals surface area contributed by atoms with Crippen molar-refractivity contribution < 1.29 is 19.6 Å². The van der Waals surface area contributed by atoms with E-state index in [0.29, 0.717) is 5.69 Å². The number of nitrogen functional groups attached to an aromatic ring is 1. The van der Waals surface area contributed by atoms with E-state index in [1.165, 1.54) is 25.3 Å². The van der Waals surface area contributed by atoms with Gasteiger partial charge in [0.1, 0.15) is 0 Å². The molecule has 0 unspecified atom stereocenters. The average Bonchev–Trinajstić information content (AvgIpc) is 2.16. The van der Waals surface area contributed by atoms with Crippen LogP contribution >= 0.6 is 0 Å². The molecule has 14 heavy (non-hydrogen) atoms. The molecule has 1 rings (SSSR count). The van der Waals surface area contributed by atoms with Gasteiger partial charge >= 0.3 is 13.1 Å². The lowest BCUT2D eigenvalue weighted by Gasteiger charge is -2.07. The highest BCUT2D eigenvalue weighted by molar-refractivity contribution is 6.60. The summed E-state index contributed by atoms with van der Waals surface area (Å²) < 4.78 is 4.47. The SMILES string of the molecule is COC(=O)c1cc(N)ccc1B(O)O. The first-order chi connectivity index (χ1) is 6.56. The van der Waals surface area contributed by atoms with Gasteiger partial charge in [-0.15, -0.1) is 0 Å². The molecule has 0 saturated carbocycles. The fourth-order valence-corrected chi connectivity index (χ4v) is 1.09. The Kier molecular flexibility index (Phi) is 3.11. The first-order valence-electron chi connectivity index (χ1n) is 3.90. The molecule has 6 heteroatoms. The maximum Gasteiger partial charge on any atom is 0.489 e. The highest BCUT2D eigenvalue weighted by Crippen LogP contribution is 2.06. The Hall–Kier alpha value is -1.53. The quantitative estimate of drug-likeness (QED) is 0.311. The minimum atomic E-state index is -1.72. The zero-order valence-corrected chi connectivity index (χ0v) is 7.60. The number of hydrogen-bond donors (Lipinski definition) is 3. The molecule has 0 radical (unpaired) electrons.